The summed E-state index contributed by atoms with van der Waals surface area (Å²) in [5.41, 5.74) is 7.71. The molecule has 1 aliphatic heterocycles. The van der Waals surface area contributed by atoms with E-state index < -0.39 is 23.4 Å². The second kappa shape index (κ2) is 9.62. The molecule has 3 aromatic rings. The topological polar surface area (TPSA) is 127 Å². The number of anilines is 1. The highest BCUT2D eigenvalue weighted by Crippen LogP contribution is 2.39. The maximum atomic E-state index is 13.7. The van der Waals surface area contributed by atoms with Crippen LogP contribution in [0.1, 0.15) is 17.0 Å². The Morgan fingerprint density at radius 3 is 2.66 bits per heavy atom. The van der Waals surface area contributed by atoms with Gasteiger partial charge in [-0.2, -0.15) is 5.26 Å². The van der Waals surface area contributed by atoms with E-state index in [2.05, 4.69) is 16.1 Å². The minimum Gasteiger partial charge on any atom is -0.466 e. The molecule has 2 aromatic carbocycles. The molecule has 4 rings (SSSR count). The van der Waals surface area contributed by atoms with E-state index >= 15 is 0 Å². The van der Waals surface area contributed by atoms with Crippen LogP contribution in [0.25, 0.3) is 17.5 Å². The third kappa shape index (κ3) is 4.37. The highest BCUT2D eigenvalue weighted by atomic mass is 35.5. The molecule has 8 nitrogen and oxygen atoms in total. The van der Waals surface area contributed by atoms with Gasteiger partial charge in [-0.15, -0.1) is 11.3 Å². The van der Waals surface area contributed by atoms with Crippen molar-refractivity contribution < 1.29 is 14.3 Å². The van der Waals surface area contributed by atoms with Gasteiger partial charge in [0.05, 0.1) is 30.2 Å². The number of allylic oxidation sites excluding steroid dienone is 1. The van der Waals surface area contributed by atoms with Crippen molar-refractivity contribution in [1.29, 1.82) is 5.26 Å². The summed E-state index contributed by atoms with van der Waals surface area (Å²) in [6, 6.07) is 16.1. The van der Waals surface area contributed by atoms with Crippen molar-refractivity contribution in [3.63, 3.8) is 0 Å². The van der Waals surface area contributed by atoms with Crippen LogP contribution >= 0.6 is 22.9 Å². The first-order chi connectivity index (χ1) is 16.8. The van der Waals surface area contributed by atoms with E-state index in [4.69, 9.17) is 17.3 Å². The predicted molar refractivity (Wildman–Crippen MR) is 135 cm³/mol. The number of rotatable bonds is 4. The standard InChI is InChI=1S/C25H19ClN4O4S/c1-13-6-5-7-14(10-13)29-23(32)21-20(15-8-3-4-9-17(15)26)16(12-27)22(28)30-24(33)18(35-25(21)30)11-19(31)34-2/h3-11,20H,28H2,1-2H3,(H,29,32)/b18-11-/t20-/m1/s1. The minimum atomic E-state index is -0.942. The van der Waals surface area contributed by atoms with Crippen LogP contribution in [0.3, 0.4) is 0 Å². The number of nitrogens with one attached hydrogen (secondary N) is 1. The number of hydrogen-bond donors (Lipinski definition) is 2. The monoisotopic (exact) mass is 506 g/mol. The molecule has 0 fully saturated rings. The zero-order valence-electron chi connectivity index (χ0n) is 18.7. The van der Waals surface area contributed by atoms with Gasteiger partial charge in [0.2, 0.25) is 0 Å². The smallest absolute Gasteiger partial charge is 0.332 e. The normalized spacial score (nSPS) is 15.4. The van der Waals surface area contributed by atoms with Gasteiger partial charge in [0.15, 0.2) is 0 Å². The molecule has 1 aliphatic rings. The third-order valence-electron chi connectivity index (χ3n) is 5.46. The van der Waals surface area contributed by atoms with Gasteiger partial charge in [-0.1, -0.05) is 41.9 Å². The van der Waals surface area contributed by atoms with E-state index in [0.29, 0.717) is 16.3 Å². The van der Waals surface area contributed by atoms with Crippen molar-refractivity contribution in [3.05, 3.63) is 89.8 Å². The molecule has 0 saturated carbocycles. The number of carbonyl (C=O) groups is 2. The van der Waals surface area contributed by atoms with Gasteiger partial charge < -0.3 is 15.8 Å². The zero-order chi connectivity index (χ0) is 25.3. The maximum absolute atomic E-state index is 13.7. The number of esters is 1. The Bertz CT molecular complexity index is 1630. The van der Waals surface area contributed by atoms with E-state index in [0.717, 1.165) is 27.5 Å². The predicted octanol–water partition coefficient (Wildman–Crippen LogP) is 2.06. The molecular formula is C25H19ClN4O4S. The fourth-order valence-corrected chi connectivity index (χ4v) is 5.25. The van der Waals surface area contributed by atoms with Crippen LogP contribution in [-0.4, -0.2) is 23.6 Å². The number of benzene rings is 2. The van der Waals surface area contributed by atoms with Crippen molar-refractivity contribution in [2.75, 3.05) is 12.4 Å². The average molecular weight is 507 g/mol. The van der Waals surface area contributed by atoms with Crippen LogP contribution in [-0.2, 0) is 14.3 Å². The van der Waals surface area contributed by atoms with Crippen LogP contribution in [0.15, 0.2) is 58.9 Å². The Labute approximate surface area is 208 Å². The maximum Gasteiger partial charge on any atom is 0.332 e. The molecule has 3 N–H and O–H groups in total. The first-order valence-electron chi connectivity index (χ1n) is 10.3. The highest BCUT2D eigenvalue weighted by molar-refractivity contribution is 7.07. The fourth-order valence-electron chi connectivity index (χ4n) is 3.87. The summed E-state index contributed by atoms with van der Waals surface area (Å²) >= 11 is 7.39. The van der Waals surface area contributed by atoms with Gasteiger partial charge >= 0.3 is 5.97 Å². The van der Waals surface area contributed by atoms with Gasteiger partial charge in [0.25, 0.3) is 11.5 Å². The number of carbonyl (C=O) groups excluding carboxylic acids is 2. The third-order valence-corrected chi connectivity index (χ3v) is 6.91. The second-order valence-corrected chi connectivity index (χ2v) is 9.12. The summed E-state index contributed by atoms with van der Waals surface area (Å²) in [7, 11) is 1.19. The molecule has 35 heavy (non-hydrogen) atoms. The molecule has 0 radical (unpaired) electrons. The van der Waals surface area contributed by atoms with Gasteiger partial charge in [-0.25, -0.2) is 4.79 Å². The number of thiazole rings is 1. The average Bonchev–Trinajstić information content (AvgIpc) is 3.14. The second-order valence-electron chi connectivity index (χ2n) is 7.68. The summed E-state index contributed by atoms with van der Waals surface area (Å²) in [4.78, 5) is 38.7. The number of aromatic nitrogens is 1. The lowest BCUT2D eigenvalue weighted by Crippen LogP contribution is -2.41. The number of nitrogens with zero attached hydrogens (tertiary/aromatic N) is 2. The molecule has 176 valence electrons. The Morgan fingerprint density at radius 1 is 1.26 bits per heavy atom. The summed E-state index contributed by atoms with van der Waals surface area (Å²) < 4.78 is 5.92. The quantitative estimate of drug-likeness (QED) is 0.521. The van der Waals surface area contributed by atoms with E-state index in [1.165, 1.54) is 7.11 Å². The molecule has 0 saturated heterocycles. The van der Waals surface area contributed by atoms with Crippen LogP contribution in [0, 0.1) is 18.3 Å². The van der Waals surface area contributed by atoms with Crippen molar-refractivity contribution in [2.24, 2.45) is 5.73 Å². The lowest BCUT2D eigenvalue weighted by atomic mass is 9.83. The van der Waals surface area contributed by atoms with Gasteiger partial charge in [-0.3, -0.25) is 14.2 Å². The number of aryl methyl sites for hydroxylation is 1. The number of amides is 1. The Balaban J connectivity index is 2.08. The summed E-state index contributed by atoms with van der Waals surface area (Å²) in [5, 5.41) is 13.2. The summed E-state index contributed by atoms with van der Waals surface area (Å²) in [6.45, 7) is 1.89. The van der Waals surface area contributed by atoms with Gasteiger partial charge in [0, 0.05) is 16.8 Å². The highest BCUT2D eigenvalue weighted by Gasteiger charge is 2.36. The molecule has 0 bridgehead atoms. The van der Waals surface area contributed by atoms with Crippen LogP contribution in [0.2, 0.25) is 5.02 Å². The minimum absolute atomic E-state index is 0.00718. The zero-order valence-corrected chi connectivity index (χ0v) is 20.2. The number of nitrogens with two attached hydrogens (primary N) is 1. The van der Waals surface area contributed by atoms with E-state index in [-0.39, 0.29) is 26.2 Å². The molecule has 0 unspecified atom stereocenters. The molecule has 0 spiro atoms. The first-order valence-corrected chi connectivity index (χ1v) is 11.5. The summed E-state index contributed by atoms with van der Waals surface area (Å²) in [6.07, 6.45) is 1.03. The van der Waals surface area contributed by atoms with E-state index in [1.807, 2.05) is 13.0 Å². The first kappa shape index (κ1) is 24.0. The van der Waals surface area contributed by atoms with Crippen LogP contribution in [0.5, 0.6) is 0 Å². The number of hydrogen-bond acceptors (Lipinski definition) is 7. The Kier molecular flexibility index (Phi) is 6.60. The lowest BCUT2D eigenvalue weighted by Gasteiger charge is -2.26. The van der Waals surface area contributed by atoms with Crippen molar-refractivity contribution in [2.45, 2.75) is 12.8 Å². The molecule has 1 atom stereocenters. The fraction of sp³-hybridized carbons (Fsp3) is 0.120. The van der Waals surface area contributed by atoms with Crippen LogP contribution < -0.4 is 25.8 Å². The van der Waals surface area contributed by atoms with Gasteiger partial charge in [0.1, 0.15) is 15.0 Å². The largest absolute Gasteiger partial charge is 0.466 e. The molecule has 10 heteroatoms. The lowest BCUT2D eigenvalue weighted by molar-refractivity contribution is -0.133. The molecular weight excluding hydrogens is 488 g/mol. The number of ether oxygens (including phenoxy) is 1. The SMILES string of the molecule is COC(=O)/C=c1\sc2n(c1=O)C(N)=C(C#N)[C@@H](c1ccccc1Cl)C=2C(=O)Nc1cccc(C)c1. The van der Waals surface area contributed by atoms with Gasteiger partial charge in [-0.05, 0) is 36.2 Å². The molecule has 1 aromatic heterocycles. The molecule has 1 amide bonds. The van der Waals surface area contributed by atoms with Crippen molar-refractivity contribution in [1.82, 2.24) is 4.57 Å². The number of halogens is 1. The van der Waals surface area contributed by atoms with E-state index in [9.17, 15) is 19.6 Å². The summed E-state index contributed by atoms with van der Waals surface area (Å²) in [5.74, 6) is -2.36. The Morgan fingerprint density at radius 2 is 2.00 bits per heavy atom. The number of nitriles is 1. The Hall–Kier alpha value is -4.13. The molecule has 2 heterocycles. The van der Waals surface area contributed by atoms with Crippen molar-refractivity contribution in [3.8, 4) is 6.07 Å². The van der Waals surface area contributed by atoms with Crippen molar-refractivity contribution >= 4 is 58.0 Å². The number of fused-ring (bicyclic) bond motifs is 1. The van der Waals surface area contributed by atoms with Crippen LogP contribution in [0.4, 0.5) is 5.69 Å². The van der Waals surface area contributed by atoms with E-state index in [1.54, 1.807) is 42.5 Å². The number of methoxy groups -OCH3 is 1. The molecule has 0 aliphatic carbocycles.